The van der Waals surface area contributed by atoms with Crippen LogP contribution in [0.4, 0.5) is 0 Å². The number of nitrogens with zero attached hydrogens (tertiary/aromatic N) is 1. The zero-order valence-corrected chi connectivity index (χ0v) is 11.9. The van der Waals surface area contributed by atoms with Crippen molar-refractivity contribution in [1.82, 2.24) is 4.90 Å². The lowest BCUT2D eigenvalue weighted by atomic mass is 9.89. The number of hydrogen-bond acceptors (Lipinski definition) is 1. The smallest absolute Gasteiger partial charge is 0.222 e. The van der Waals surface area contributed by atoms with Crippen molar-refractivity contribution in [3.8, 4) is 0 Å². The van der Waals surface area contributed by atoms with Gasteiger partial charge in [0.1, 0.15) is 0 Å². The number of halogens is 1. The molecule has 2 nitrogen and oxygen atoms in total. The first kappa shape index (κ1) is 13.0. The Bertz CT molecular complexity index is 444. The molecule has 2 aliphatic rings. The Labute approximate surface area is 119 Å². The lowest BCUT2D eigenvalue weighted by Crippen LogP contribution is -2.38. The molecule has 1 saturated carbocycles. The monoisotopic (exact) mass is 277 g/mol. The molecule has 0 spiro atoms. The molecule has 1 saturated heterocycles. The van der Waals surface area contributed by atoms with E-state index in [4.69, 9.17) is 11.6 Å². The minimum Gasteiger partial charge on any atom is -0.343 e. The number of benzene rings is 1. The maximum atomic E-state index is 12.0. The molecule has 0 unspecified atom stereocenters. The summed E-state index contributed by atoms with van der Waals surface area (Å²) in [7, 11) is 0. The van der Waals surface area contributed by atoms with Crippen molar-refractivity contribution < 1.29 is 4.79 Å². The first-order valence-electron chi connectivity index (χ1n) is 7.25. The molecule has 1 aromatic carbocycles. The van der Waals surface area contributed by atoms with Gasteiger partial charge in [-0.1, -0.05) is 23.7 Å². The van der Waals surface area contributed by atoms with Crippen molar-refractivity contribution in [1.29, 1.82) is 0 Å². The number of carbonyl (C=O) groups excluding carboxylic acids is 1. The molecular weight excluding hydrogens is 258 g/mol. The maximum absolute atomic E-state index is 12.0. The summed E-state index contributed by atoms with van der Waals surface area (Å²) in [6.07, 6.45) is 5.46. The van der Waals surface area contributed by atoms with E-state index in [1.165, 1.54) is 18.4 Å². The molecule has 19 heavy (non-hydrogen) atoms. The van der Waals surface area contributed by atoms with E-state index >= 15 is 0 Å². The van der Waals surface area contributed by atoms with Crippen LogP contribution in [0, 0.1) is 5.92 Å². The molecule has 0 radical (unpaired) electrons. The zero-order valence-electron chi connectivity index (χ0n) is 11.1. The zero-order chi connectivity index (χ0) is 13.2. The second-order valence-corrected chi connectivity index (χ2v) is 6.29. The average molecular weight is 278 g/mol. The first-order chi connectivity index (χ1) is 9.22. The van der Waals surface area contributed by atoms with Crippen molar-refractivity contribution in [2.75, 3.05) is 13.1 Å². The van der Waals surface area contributed by atoms with Crippen molar-refractivity contribution in [2.24, 2.45) is 5.92 Å². The Kier molecular flexibility index (Phi) is 3.79. The van der Waals surface area contributed by atoms with Crippen LogP contribution in [-0.4, -0.2) is 23.9 Å². The van der Waals surface area contributed by atoms with E-state index in [1.54, 1.807) is 0 Å². The molecule has 0 N–H and O–H groups in total. The SMILES string of the molecule is O=C(CC1CC1)N1CCC(c2ccc(Cl)cc2)CC1. The Morgan fingerprint density at radius 1 is 1.11 bits per heavy atom. The summed E-state index contributed by atoms with van der Waals surface area (Å²) < 4.78 is 0. The van der Waals surface area contributed by atoms with Crippen molar-refractivity contribution >= 4 is 17.5 Å². The molecule has 3 heteroatoms. The fraction of sp³-hybridized carbons (Fsp3) is 0.562. The van der Waals surface area contributed by atoms with Crippen LogP contribution in [0.5, 0.6) is 0 Å². The topological polar surface area (TPSA) is 20.3 Å². The predicted molar refractivity (Wildman–Crippen MR) is 77.3 cm³/mol. The molecule has 0 bridgehead atoms. The molecule has 0 atom stereocenters. The minimum atomic E-state index is 0.372. The molecule has 0 aromatic heterocycles. The van der Waals surface area contributed by atoms with Crippen LogP contribution in [0.3, 0.4) is 0 Å². The number of carbonyl (C=O) groups is 1. The van der Waals surface area contributed by atoms with Crippen LogP contribution in [0.2, 0.25) is 5.02 Å². The highest BCUT2D eigenvalue weighted by Gasteiger charge is 2.29. The number of rotatable bonds is 3. The highest BCUT2D eigenvalue weighted by Crippen LogP contribution is 2.34. The first-order valence-corrected chi connectivity index (χ1v) is 7.63. The Morgan fingerprint density at radius 2 is 1.74 bits per heavy atom. The van der Waals surface area contributed by atoms with Crippen LogP contribution in [0.15, 0.2) is 24.3 Å². The molecule has 1 aliphatic carbocycles. The Morgan fingerprint density at radius 3 is 2.32 bits per heavy atom. The average Bonchev–Trinajstić information content (AvgIpc) is 3.24. The Hall–Kier alpha value is -1.02. The van der Waals surface area contributed by atoms with Gasteiger partial charge in [0.25, 0.3) is 0 Å². The van der Waals surface area contributed by atoms with Gasteiger partial charge in [-0.25, -0.2) is 0 Å². The van der Waals surface area contributed by atoms with Gasteiger partial charge < -0.3 is 4.90 Å². The summed E-state index contributed by atoms with van der Waals surface area (Å²) in [4.78, 5) is 14.1. The van der Waals surface area contributed by atoms with E-state index < -0.39 is 0 Å². The number of likely N-dealkylation sites (tertiary alicyclic amines) is 1. The third kappa shape index (κ3) is 3.30. The van der Waals surface area contributed by atoms with E-state index in [0.29, 0.717) is 17.7 Å². The van der Waals surface area contributed by atoms with Gasteiger partial charge in [-0.2, -0.15) is 0 Å². The van der Waals surface area contributed by atoms with E-state index in [0.717, 1.165) is 37.4 Å². The number of hydrogen-bond donors (Lipinski definition) is 0. The van der Waals surface area contributed by atoms with Crippen molar-refractivity contribution in [3.63, 3.8) is 0 Å². The number of amides is 1. The highest BCUT2D eigenvalue weighted by molar-refractivity contribution is 6.30. The fourth-order valence-corrected chi connectivity index (χ4v) is 3.02. The molecule has 2 fully saturated rings. The summed E-state index contributed by atoms with van der Waals surface area (Å²) >= 11 is 5.92. The normalized spacial score (nSPS) is 20.6. The summed E-state index contributed by atoms with van der Waals surface area (Å²) in [5.74, 6) is 1.65. The van der Waals surface area contributed by atoms with E-state index in [-0.39, 0.29) is 0 Å². The van der Waals surface area contributed by atoms with E-state index in [1.807, 2.05) is 12.1 Å². The van der Waals surface area contributed by atoms with Crippen molar-refractivity contribution in [3.05, 3.63) is 34.9 Å². The lowest BCUT2D eigenvalue weighted by Gasteiger charge is -2.32. The summed E-state index contributed by atoms with van der Waals surface area (Å²) in [6, 6.07) is 8.16. The van der Waals surface area contributed by atoms with E-state index in [9.17, 15) is 4.79 Å². The molecule has 102 valence electrons. The lowest BCUT2D eigenvalue weighted by molar-refractivity contribution is -0.132. The van der Waals surface area contributed by atoms with Crippen LogP contribution in [-0.2, 0) is 4.79 Å². The molecule has 1 heterocycles. The summed E-state index contributed by atoms with van der Waals surface area (Å²) in [5.41, 5.74) is 1.36. The van der Waals surface area contributed by atoms with Gasteiger partial charge in [-0.3, -0.25) is 4.79 Å². The molecule has 1 amide bonds. The van der Waals surface area contributed by atoms with Crippen LogP contribution < -0.4 is 0 Å². The summed E-state index contributed by atoms with van der Waals surface area (Å²) in [5, 5.41) is 0.792. The van der Waals surface area contributed by atoms with Crippen molar-refractivity contribution in [2.45, 2.75) is 38.0 Å². The van der Waals surface area contributed by atoms with Gasteiger partial charge in [-0.15, -0.1) is 0 Å². The van der Waals surface area contributed by atoms with Gasteiger partial charge in [-0.05, 0) is 55.2 Å². The molecule has 1 aromatic rings. The quantitative estimate of drug-likeness (QED) is 0.822. The van der Waals surface area contributed by atoms with Gasteiger partial charge in [0, 0.05) is 24.5 Å². The maximum Gasteiger partial charge on any atom is 0.222 e. The predicted octanol–water partition coefficient (Wildman–Crippen LogP) is 3.85. The third-order valence-electron chi connectivity index (χ3n) is 4.35. The van der Waals surface area contributed by atoms with Crippen LogP contribution in [0.25, 0.3) is 0 Å². The van der Waals surface area contributed by atoms with Crippen LogP contribution >= 0.6 is 11.6 Å². The molecule has 1 aliphatic heterocycles. The standard InChI is InChI=1S/C16H20ClNO/c17-15-5-3-13(4-6-15)14-7-9-18(10-8-14)16(19)11-12-1-2-12/h3-6,12,14H,1-2,7-11H2. The minimum absolute atomic E-state index is 0.372. The third-order valence-corrected chi connectivity index (χ3v) is 4.60. The van der Waals surface area contributed by atoms with E-state index in [2.05, 4.69) is 17.0 Å². The molecular formula is C16H20ClNO. The highest BCUT2D eigenvalue weighted by atomic mass is 35.5. The summed E-state index contributed by atoms with van der Waals surface area (Å²) in [6.45, 7) is 1.83. The van der Waals surface area contributed by atoms with Gasteiger partial charge >= 0.3 is 0 Å². The largest absolute Gasteiger partial charge is 0.343 e. The van der Waals surface area contributed by atoms with Gasteiger partial charge in [0.15, 0.2) is 0 Å². The van der Waals surface area contributed by atoms with Gasteiger partial charge in [0.05, 0.1) is 0 Å². The second-order valence-electron chi connectivity index (χ2n) is 5.85. The Balaban J connectivity index is 1.53. The fourth-order valence-electron chi connectivity index (χ4n) is 2.90. The van der Waals surface area contributed by atoms with Gasteiger partial charge in [0.2, 0.25) is 5.91 Å². The number of piperidine rings is 1. The molecule has 3 rings (SSSR count). The second kappa shape index (κ2) is 5.54. The van der Waals surface area contributed by atoms with Crippen LogP contribution in [0.1, 0.15) is 43.6 Å².